The molecular weight excluding hydrogens is 310 g/mol. The van der Waals surface area contributed by atoms with Crippen LogP contribution in [0, 0.1) is 6.92 Å². The monoisotopic (exact) mass is 335 g/mol. The molecule has 1 heterocycles. The van der Waals surface area contributed by atoms with Crippen molar-refractivity contribution in [2.75, 3.05) is 23.4 Å². The summed E-state index contributed by atoms with van der Waals surface area (Å²) in [7, 11) is 0. The van der Waals surface area contributed by atoms with Gasteiger partial charge in [-0.15, -0.1) is 11.8 Å². The summed E-state index contributed by atoms with van der Waals surface area (Å²) in [6.07, 6.45) is 2.10. The molecule has 1 aliphatic rings. The Morgan fingerprint density at radius 1 is 1.22 bits per heavy atom. The van der Waals surface area contributed by atoms with E-state index in [9.17, 15) is 9.59 Å². The van der Waals surface area contributed by atoms with Crippen LogP contribution in [0.25, 0.3) is 0 Å². The van der Waals surface area contributed by atoms with Crippen LogP contribution in [0.1, 0.15) is 25.3 Å². The van der Waals surface area contributed by atoms with Gasteiger partial charge in [0.1, 0.15) is 0 Å². The molecule has 0 aliphatic carbocycles. The molecule has 1 aromatic carbocycles. The number of amides is 2. The van der Waals surface area contributed by atoms with E-state index in [2.05, 4.69) is 22.9 Å². The van der Waals surface area contributed by atoms with Crippen LogP contribution < -0.4 is 16.0 Å². The van der Waals surface area contributed by atoms with Crippen LogP contribution in [0.3, 0.4) is 0 Å². The number of rotatable bonds is 6. The molecule has 1 fully saturated rings. The van der Waals surface area contributed by atoms with Crippen molar-refractivity contribution in [1.29, 1.82) is 0 Å². The van der Waals surface area contributed by atoms with Gasteiger partial charge in [0, 0.05) is 17.8 Å². The van der Waals surface area contributed by atoms with E-state index in [1.54, 1.807) is 0 Å². The van der Waals surface area contributed by atoms with Crippen molar-refractivity contribution in [2.24, 2.45) is 0 Å². The van der Waals surface area contributed by atoms with Crippen LogP contribution in [0.2, 0.25) is 0 Å². The molecule has 0 aromatic heterocycles. The number of anilines is 1. The number of hydrogen-bond acceptors (Lipinski definition) is 4. The van der Waals surface area contributed by atoms with Crippen LogP contribution >= 0.6 is 11.8 Å². The second-order valence-electron chi connectivity index (χ2n) is 5.97. The molecule has 0 spiro atoms. The first-order chi connectivity index (χ1) is 11.0. The molecule has 0 radical (unpaired) electrons. The van der Waals surface area contributed by atoms with Gasteiger partial charge in [-0.25, -0.2) is 0 Å². The molecule has 126 valence electrons. The first-order valence-corrected chi connectivity index (χ1v) is 9.17. The van der Waals surface area contributed by atoms with E-state index in [-0.39, 0.29) is 23.6 Å². The molecule has 5 nitrogen and oxygen atoms in total. The Bertz CT molecular complexity index is 533. The fourth-order valence-electron chi connectivity index (χ4n) is 2.56. The topological polar surface area (TPSA) is 70.2 Å². The highest BCUT2D eigenvalue weighted by molar-refractivity contribution is 8.00. The molecule has 2 amide bonds. The Hall–Kier alpha value is -1.53. The van der Waals surface area contributed by atoms with Crippen molar-refractivity contribution in [3.8, 4) is 0 Å². The third-order valence-corrected chi connectivity index (χ3v) is 4.84. The smallest absolute Gasteiger partial charge is 0.234 e. The van der Waals surface area contributed by atoms with Gasteiger partial charge in [0.15, 0.2) is 0 Å². The van der Waals surface area contributed by atoms with Crippen LogP contribution in [0.5, 0.6) is 0 Å². The maximum atomic E-state index is 11.9. The summed E-state index contributed by atoms with van der Waals surface area (Å²) in [5.41, 5.74) is 1.94. The quantitative estimate of drug-likeness (QED) is 0.743. The molecule has 1 saturated heterocycles. The first kappa shape index (κ1) is 17.8. The SMILES string of the molecule is Cc1ccc(NC(=O)CSCC(=O)NC2CCCNC2C)cc1. The third kappa shape index (κ3) is 6.23. The Labute approximate surface area is 142 Å². The highest BCUT2D eigenvalue weighted by atomic mass is 32.2. The van der Waals surface area contributed by atoms with Gasteiger partial charge in [-0.1, -0.05) is 17.7 Å². The van der Waals surface area contributed by atoms with E-state index in [0.717, 1.165) is 30.6 Å². The standard InChI is InChI=1S/C17H25N3O2S/c1-12-5-7-14(8-6-12)19-16(21)10-23-11-17(22)20-15-4-3-9-18-13(15)2/h5-8,13,15,18H,3-4,9-11H2,1-2H3,(H,19,21)(H,20,22). The Balaban J connectivity index is 1.64. The first-order valence-electron chi connectivity index (χ1n) is 8.01. The lowest BCUT2D eigenvalue weighted by atomic mass is 10.00. The minimum atomic E-state index is -0.0839. The van der Waals surface area contributed by atoms with Crippen molar-refractivity contribution >= 4 is 29.3 Å². The minimum absolute atomic E-state index is 0.00122. The largest absolute Gasteiger partial charge is 0.351 e. The number of hydrogen-bond donors (Lipinski definition) is 3. The van der Waals surface area contributed by atoms with Crippen molar-refractivity contribution in [3.05, 3.63) is 29.8 Å². The summed E-state index contributed by atoms with van der Waals surface area (Å²) < 4.78 is 0. The Kier molecular flexibility index (Phi) is 6.92. The van der Waals surface area contributed by atoms with Crippen molar-refractivity contribution in [1.82, 2.24) is 10.6 Å². The normalized spacial score (nSPS) is 20.8. The number of piperidine rings is 1. The molecule has 23 heavy (non-hydrogen) atoms. The zero-order valence-electron chi connectivity index (χ0n) is 13.7. The zero-order chi connectivity index (χ0) is 16.7. The van der Waals surface area contributed by atoms with Gasteiger partial charge < -0.3 is 16.0 Å². The lowest BCUT2D eigenvalue weighted by Crippen LogP contribution is -2.52. The average Bonchev–Trinajstić information content (AvgIpc) is 2.52. The van der Waals surface area contributed by atoms with E-state index in [1.807, 2.05) is 31.2 Å². The van der Waals surface area contributed by atoms with Gasteiger partial charge in [-0.05, 0) is 45.4 Å². The Morgan fingerprint density at radius 2 is 1.91 bits per heavy atom. The fraction of sp³-hybridized carbons (Fsp3) is 0.529. The lowest BCUT2D eigenvalue weighted by molar-refractivity contribution is -0.119. The number of carbonyl (C=O) groups is 2. The molecule has 1 aliphatic heterocycles. The maximum absolute atomic E-state index is 11.9. The number of thioether (sulfide) groups is 1. The number of aryl methyl sites for hydroxylation is 1. The molecule has 2 rings (SSSR count). The van der Waals surface area contributed by atoms with E-state index in [0.29, 0.717) is 11.8 Å². The third-order valence-electron chi connectivity index (χ3n) is 3.91. The van der Waals surface area contributed by atoms with Crippen molar-refractivity contribution in [2.45, 2.75) is 38.8 Å². The van der Waals surface area contributed by atoms with E-state index in [1.165, 1.54) is 11.8 Å². The number of nitrogens with one attached hydrogen (secondary N) is 3. The summed E-state index contributed by atoms with van der Waals surface area (Å²) in [5.74, 6) is 0.502. The highest BCUT2D eigenvalue weighted by Crippen LogP contribution is 2.11. The lowest BCUT2D eigenvalue weighted by Gasteiger charge is -2.30. The molecule has 6 heteroatoms. The van der Waals surface area contributed by atoms with Crippen molar-refractivity contribution in [3.63, 3.8) is 0 Å². The molecule has 0 saturated carbocycles. The summed E-state index contributed by atoms with van der Waals surface area (Å²) in [6, 6.07) is 8.16. The van der Waals surface area contributed by atoms with Crippen molar-refractivity contribution < 1.29 is 9.59 Å². The highest BCUT2D eigenvalue weighted by Gasteiger charge is 2.22. The predicted octanol–water partition coefficient (Wildman–Crippen LogP) is 1.92. The van der Waals surface area contributed by atoms with Crippen LogP contribution in [0.4, 0.5) is 5.69 Å². The molecule has 2 unspecified atom stereocenters. The zero-order valence-corrected chi connectivity index (χ0v) is 14.5. The van der Waals surface area contributed by atoms with E-state index in [4.69, 9.17) is 0 Å². The second-order valence-corrected chi connectivity index (χ2v) is 6.95. The van der Waals surface area contributed by atoms with Gasteiger partial charge in [-0.3, -0.25) is 9.59 Å². The van der Waals surface area contributed by atoms with Gasteiger partial charge in [0.05, 0.1) is 11.5 Å². The fourth-order valence-corrected chi connectivity index (χ4v) is 3.19. The van der Waals surface area contributed by atoms with Crippen LogP contribution in [0.15, 0.2) is 24.3 Å². The predicted molar refractivity (Wildman–Crippen MR) is 95.8 cm³/mol. The summed E-state index contributed by atoms with van der Waals surface area (Å²) in [5, 5.41) is 9.23. The van der Waals surface area contributed by atoms with Gasteiger partial charge in [0.2, 0.25) is 11.8 Å². The van der Waals surface area contributed by atoms with Gasteiger partial charge in [-0.2, -0.15) is 0 Å². The molecular formula is C17H25N3O2S. The molecule has 0 bridgehead atoms. The average molecular weight is 335 g/mol. The van der Waals surface area contributed by atoms with E-state index >= 15 is 0 Å². The maximum Gasteiger partial charge on any atom is 0.234 e. The molecule has 3 N–H and O–H groups in total. The Morgan fingerprint density at radius 3 is 2.61 bits per heavy atom. The molecule has 1 aromatic rings. The second kappa shape index (κ2) is 8.93. The van der Waals surface area contributed by atoms with Crippen LogP contribution in [-0.4, -0.2) is 41.9 Å². The summed E-state index contributed by atoms with van der Waals surface area (Å²) in [6.45, 7) is 5.11. The summed E-state index contributed by atoms with van der Waals surface area (Å²) in [4.78, 5) is 23.8. The number of carbonyl (C=O) groups excluding carboxylic acids is 2. The number of benzene rings is 1. The minimum Gasteiger partial charge on any atom is -0.351 e. The van der Waals surface area contributed by atoms with E-state index < -0.39 is 0 Å². The van der Waals surface area contributed by atoms with Gasteiger partial charge >= 0.3 is 0 Å². The molecule has 2 atom stereocenters. The van der Waals surface area contributed by atoms with Gasteiger partial charge in [0.25, 0.3) is 0 Å². The van der Waals surface area contributed by atoms with Crippen LogP contribution in [-0.2, 0) is 9.59 Å². The summed E-state index contributed by atoms with van der Waals surface area (Å²) >= 11 is 1.34.